The predicted octanol–water partition coefficient (Wildman–Crippen LogP) is 1.10. The first-order valence-electron chi connectivity index (χ1n) is 7.84. The zero-order chi connectivity index (χ0) is 13.7. The third kappa shape index (κ3) is 4.15. The summed E-state index contributed by atoms with van der Waals surface area (Å²) in [5, 5.41) is 13.6. The van der Waals surface area contributed by atoms with Gasteiger partial charge in [-0.1, -0.05) is 13.8 Å². The SMILES string of the molecule is CCCNCC1(CN2CCC(C)C(O)C2)CCOC1. The lowest BCUT2D eigenvalue weighted by Crippen LogP contribution is -2.50. The van der Waals surface area contributed by atoms with Gasteiger partial charge in [-0.2, -0.15) is 0 Å². The lowest BCUT2D eigenvalue weighted by atomic mass is 9.85. The van der Waals surface area contributed by atoms with Gasteiger partial charge in [0.2, 0.25) is 0 Å². The van der Waals surface area contributed by atoms with Crippen molar-refractivity contribution in [3.05, 3.63) is 0 Å². The number of rotatable bonds is 6. The van der Waals surface area contributed by atoms with Crippen LogP contribution in [0, 0.1) is 11.3 Å². The molecule has 4 nitrogen and oxygen atoms in total. The molecule has 0 aliphatic carbocycles. The summed E-state index contributed by atoms with van der Waals surface area (Å²) in [6.07, 6.45) is 3.28. The summed E-state index contributed by atoms with van der Waals surface area (Å²) in [5.74, 6) is 0.449. The average Bonchev–Trinajstić information content (AvgIpc) is 2.83. The highest BCUT2D eigenvalue weighted by atomic mass is 16.5. The van der Waals surface area contributed by atoms with Crippen LogP contribution in [0.4, 0.5) is 0 Å². The lowest BCUT2D eigenvalue weighted by molar-refractivity contribution is 0.00728. The van der Waals surface area contributed by atoms with Gasteiger partial charge in [0.1, 0.15) is 0 Å². The lowest BCUT2D eigenvalue weighted by Gasteiger charge is -2.40. The monoisotopic (exact) mass is 270 g/mol. The Hall–Kier alpha value is -0.160. The first-order chi connectivity index (χ1) is 9.15. The Bertz CT molecular complexity index is 267. The number of ether oxygens (including phenoxy) is 1. The van der Waals surface area contributed by atoms with Crippen LogP contribution in [-0.2, 0) is 4.74 Å². The molecule has 2 saturated heterocycles. The van der Waals surface area contributed by atoms with Crippen molar-refractivity contribution >= 4 is 0 Å². The largest absolute Gasteiger partial charge is 0.392 e. The van der Waals surface area contributed by atoms with E-state index < -0.39 is 0 Å². The maximum atomic E-state index is 10.0. The van der Waals surface area contributed by atoms with E-state index in [1.54, 1.807) is 0 Å². The maximum absolute atomic E-state index is 10.0. The molecule has 2 rings (SSSR count). The second kappa shape index (κ2) is 7.02. The van der Waals surface area contributed by atoms with Crippen molar-refractivity contribution in [1.82, 2.24) is 10.2 Å². The fraction of sp³-hybridized carbons (Fsp3) is 1.00. The van der Waals surface area contributed by atoms with Crippen LogP contribution in [-0.4, -0.2) is 62.0 Å². The summed E-state index contributed by atoms with van der Waals surface area (Å²) in [7, 11) is 0. The summed E-state index contributed by atoms with van der Waals surface area (Å²) in [6.45, 7) is 11.3. The van der Waals surface area contributed by atoms with Gasteiger partial charge in [-0.05, 0) is 38.3 Å². The molecule has 0 saturated carbocycles. The van der Waals surface area contributed by atoms with Crippen molar-refractivity contribution in [2.45, 2.75) is 39.2 Å². The normalized spacial score (nSPS) is 36.8. The van der Waals surface area contributed by atoms with Crippen LogP contribution < -0.4 is 5.32 Å². The van der Waals surface area contributed by atoms with Gasteiger partial charge in [0.15, 0.2) is 0 Å². The molecule has 112 valence electrons. The standard InChI is InChI=1S/C15H30N2O2/c1-3-6-16-10-15(5-8-19-12-15)11-17-7-4-13(2)14(18)9-17/h13-14,16,18H,3-12H2,1-2H3. The Morgan fingerprint density at radius 3 is 2.95 bits per heavy atom. The average molecular weight is 270 g/mol. The first kappa shape index (κ1) is 15.2. The summed E-state index contributed by atoms with van der Waals surface area (Å²) in [6, 6.07) is 0. The zero-order valence-corrected chi connectivity index (χ0v) is 12.5. The number of hydrogen-bond acceptors (Lipinski definition) is 4. The highest BCUT2D eigenvalue weighted by Crippen LogP contribution is 2.30. The van der Waals surface area contributed by atoms with E-state index in [9.17, 15) is 5.11 Å². The van der Waals surface area contributed by atoms with Crippen molar-refractivity contribution in [3.63, 3.8) is 0 Å². The Morgan fingerprint density at radius 2 is 2.32 bits per heavy atom. The second-order valence-electron chi connectivity index (χ2n) is 6.55. The van der Waals surface area contributed by atoms with E-state index in [1.807, 2.05) is 0 Å². The van der Waals surface area contributed by atoms with Crippen LogP contribution >= 0.6 is 0 Å². The van der Waals surface area contributed by atoms with Gasteiger partial charge < -0.3 is 20.1 Å². The van der Waals surface area contributed by atoms with Crippen molar-refractivity contribution in [1.29, 1.82) is 0 Å². The second-order valence-corrected chi connectivity index (χ2v) is 6.55. The number of aliphatic hydroxyl groups excluding tert-OH is 1. The molecule has 19 heavy (non-hydrogen) atoms. The molecule has 0 amide bonds. The molecule has 3 atom stereocenters. The molecule has 2 fully saturated rings. The minimum atomic E-state index is -0.156. The van der Waals surface area contributed by atoms with Crippen LogP contribution in [0.3, 0.4) is 0 Å². The maximum Gasteiger partial charge on any atom is 0.0693 e. The van der Waals surface area contributed by atoms with Crippen LogP contribution in [0.5, 0.6) is 0 Å². The molecule has 0 aromatic heterocycles. The number of β-amino-alcohol motifs (C(OH)–C–C–N with tert-alkyl or cyclic N) is 1. The van der Waals surface area contributed by atoms with Crippen molar-refractivity contribution in [2.75, 3.05) is 45.9 Å². The summed E-state index contributed by atoms with van der Waals surface area (Å²) < 4.78 is 5.65. The minimum Gasteiger partial charge on any atom is -0.392 e. The van der Waals surface area contributed by atoms with E-state index in [2.05, 4.69) is 24.1 Å². The number of piperidine rings is 1. The van der Waals surface area contributed by atoms with E-state index in [-0.39, 0.29) is 11.5 Å². The zero-order valence-electron chi connectivity index (χ0n) is 12.5. The van der Waals surface area contributed by atoms with E-state index in [4.69, 9.17) is 4.74 Å². The van der Waals surface area contributed by atoms with E-state index in [1.165, 1.54) is 6.42 Å². The Labute approximate surface area is 117 Å². The Morgan fingerprint density at radius 1 is 1.47 bits per heavy atom. The van der Waals surface area contributed by atoms with Gasteiger partial charge in [0, 0.05) is 31.7 Å². The predicted molar refractivity (Wildman–Crippen MR) is 77.3 cm³/mol. The molecular weight excluding hydrogens is 240 g/mol. The van der Waals surface area contributed by atoms with Gasteiger partial charge in [-0.25, -0.2) is 0 Å². The van der Waals surface area contributed by atoms with Crippen molar-refractivity contribution in [2.24, 2.45) is 11.3 Å². The third-order valence-electron chi connectivity index (χ3n) is 4.67. The molecule has 4 heteroatoms. The van der Waals surface area contributed by atoms with Gasteiger partial charge in [0.25, 0.3) is 0 Å². The topological polar surface area (TPSA) is 44.7 Å². The minimum absolute atomic E-state index is 0.156. The molecule has 0 aromatic carbocycles. The van der Waals surface area contributed by atoms with Crippen LogP contribution in [0.15, 0.2) is 0 Å². The van der Waals surface area contributed by atoms with Gasteiger partial charge in [-0.15, -0.1) is 0 Å². The molecule has 2 aliphatic rings. The number of nitrogens with zero attached hydrogens (tertiary/aromatic N) is 1. The highest BCUT2D eigenvalue weighted by Gasteiger charge is 2.37. The van der Waals surface area contributed by atoms with Gasteiger partial charge >= 0.3 is 0 Å². The molecular formula is C15H30N2O2. The highest BCUT2D eigenvalue weighted by molar-refractivity contribution is 4.90. The third-order valence-corrected chi connectivity index (χ3v) is 4.67. The molecule has 0 aromatic rings. The Kier molecular flexibility index (Phi) is 5.63. The number of hydrogen-bond donors (Lipinski definition) is 2. The first-order valence-corrected chi connectivity index (χ1v) is 7.84. The van der Waals surface area contributed by atoms with E-state index in [0.29, 0.717) is 5.92 Å². The molecule has 0 spiro atoms. The summed E-state index contributed by atoms with van der Waals surface area (Å²) >= 11 is 0. The summed E-state index contributed by atoms with van der Waals surface area (Å²) in [5.41, 5.74) is 0.259. The molecule has 0 radical (unpaired) electrons. The van der Waals surface area contributed by atoms with Gasteiger partial charge in [-0.3, -0.25) is 0 Å². The molecule has 3 unspecified atom stereocenters. The molecule has 2 heterocycles. The van der Waals surface area contributed by atoms with Crippen LogP contribution in [0.1, 0.15) is 33.1 Å². The van der Waals surface area contributed by atoms with Gasteiger partial charge in [0.05, 0.1) is 12.7 Å². The number of nitrogens with one attached hydrogen (secondary N) is 1. The van der Waals surface area contributed by atoms with Crippen LogP contribution in [0.2, 0.25) is 0 Å². The van der Waals surface area contributed by atoms with Crippen LogP contribution in [0.25, 0.3) is 0 Å². The van der Waals surface area contributed by atoms with Crippen molar-refractivity contribution < 1.29 is 9.84 Å². The fourth-order valence-electron chi connectivity index (χ4n) is 3.23. The summed E-state index contributed by atoms with van der Waals surface area (Å²) in [4.78, 5) is 2.44. The van der Waals surface area contributed by atoms with E-state index in [0.717, 1.165) is 58.8 Å². The Balaban J connectivity index is 1.86. The van der Waals surface area contributed by atoms with Crippen molar-refractivity contribution in [3.8, 4) is 0 Å². The fourth-order valence-corrected chi connectivity index (χ4v) is 3.23. The smallest absolute Gasteiger partial charge is 0.0693 e. The molecule has 2 N–H and O–H groups in total. The van der Waals surface area contributed by atoms with E-state index >= 15 is 0 Å². The number of aliphatic hydroxyl groups is 1. The number of likely N-dealkylation sites (tertiary alicyclic amines) is 1. The molecule has 2 aliphatic heterocycles. The molecule has 0 bridgehead atoms. The quantitative estimate of drug-likeness (QED) is 0.709.